The number of hydrogen-bond donors (Lipinski definition) is 2. The first-order valence-electron chi connectivity index (χ1n) is 6.43. The van der Waals surface area contributed by atoms with E-state index in [0.29, 0.717) is 6.54 Å². The lowest BCUT2D eigenvalue weighted by Gasteiger charge is -2.26. The molecule has 20 heavy (non-hydrogen) atoms. The van der Waals surface area contributed by atoms with Crippen LogP contribution in [0.25, 0.3) is 0 Å². The standard InChI is InChI=1S/C12H21N5O.2ClH/c1-10(2)17-11(3-4-14-17)15-12(18)9-16-7-5-13-6-8-16;;/h3-4,10,13H,5-9H2,1-2H3,(H,15,18);2*1H. The van der Waals surface area contributed by atoms with E-state index in [1.807, 2.05) is 24.6 Å². The molecule has 2 heterocycles. The highest BCUT2D eigenvalue weighted by molar-refractivity contribution is 5.91. The molecule has 0 radical (unpaired) electrons. The third-order valence-electron chi connectivity index (χ3n) is 3.00. The highest BCUT2D eigenvalue weighted by atomic mass is 35.5. The average Bonchev–Trinajstić information content (AvgIpc) is 2.78. The van der Waals surface area contributed by atoms with E-state index in [1.54, 1.807) is 6.20 Å². The van der Waals surface area contributed by atoms with Gasteiger partial charge in [0, 0.05) is 38.3 Å². The minimum absolute atomic E-state index is 0. The molecular formula is C12H23Cl2N5O. The molecule has 8 heteroatoms. The fraction of sp³-hybridized carbons (Fsp3) is 0.667. The Morgan fingerprint density at radius 3 is 2.65 bits per heavy atom. The van der Waals surface area contributed by atoms with Crippen LogP contribution in [0.1, 0.15) is 19.9 Å². The smallest absolute Gasteiger partial charge is 0.239 e. The second-order valence-electron chi connectivity index (χ2n) is 4.83. The molecule has 1 aliphatic heterocycles. The summed E-state index contributed by atoms with van der Waals surface area (Å²) in [5.74, 6) is 0.796. The number of halogens is 2. The first kappa shape index (κ1) is 19.2. The van der Waals surface area contributed by atoms with E-state index in [-0.39, 0.29) is 36.8 Å². The van der Waals surface area contributed by atoms with Gasteiger partial charge in [0.15, 0.2) is 0 Å². The summed E-state index contributed by atoms with van der Waals surface area (Å²) in [4.78, 5) is 14.1. The van der Waals surface area contributed by atoms with Gasteiger partial charge in [0.25, 0.3) is 0 Å². The maximum atomic E-state index is 11.9. The van der Waals surface area contributed by atoms with Gasteiger partial charge in [0.2, 0.25) is 5.91 Å². The molecule has 116 valence electrons. The van der Waals surface area contributed by atoms with Crippen molar-refractivity contribution < 1.29 is 4.79 Å². The van der Waals surface area contributed by atoms with Crippen LogP contribution >= 0.6 is 24.8 Å². The Bertz CT molecular complexity index is 404. The van der Waals surface area contributed by atoms with E-state index in [1.165, 1.54) is 0 Å². The molecule has 0 aliphatic carbocycles. The number of nitrogens with zero attached hydrogens (tertiary/aromatic N) is 3. The lowest BCUT2D eigenvalue weighted by atomic mass is 10.3. The predicted octanol–water partition coefficient (Wildman–Crippen LogP) is 1.15. The third-order valence-corrected chi connectivity index (χ3v) is 3.00. The Morgan fingerprint density at radius 1 is 1.40 bits per heavy atom. The minimum atomic E-state index is 0. The molecule has 0 spiro atoms. The molecule has 0 atom stereocenters. The molecule has 0 unspecified atom stereocenters. The van der Waals surface area contributed by atoms with Crippen LogP contribution in [-0.2, 0) is 4.79 Å². The number of amides is 1. The van der Waals surface area contributed by atoms with Gasteiger partial charge in [0.05, 0.1) is 12.7 Å². The predicted molar refractivity (Wildman–Crippen MR) is 85.0 cm³/mol. The zero-order valence-corrected chi connectivity index (χ0v) is 13.5. The van der Waals surface area contributed by atoms with Gasteiger partial charge in [-0.3, -0.25) is 9.69 Å². The zero-order valence-electron chi connectivity index (χ0n) is 11.8. The lowest BCUT2D eigenvalue weighted by molar-refractivity contribution is -0.117. The normalized spacial score (nSPS) is 15.3. The van der Waals surface area contributed by atoms with Crippen LogP contribution in [0.3, 0.4) is 0 Å². The largest absolute Gasteiger partial charge is 0.314 e. The SMILES string of the molecule is CC(C)n1nccc1NC(=O)CN1CCNCC1.Cl.Cl. The van der Waals surface area contributed by atoms with Crippen LogP contribution < -0.4 is 10.6 Å². The van der Waals surface area contributed by atoms with E-state index in [0.717, 1.165) is 32.0 Å². The monoisotopic (exact) mass is 323 g/mol. The van der Waals surface area contributed by atoms with Gasteiger partial charge >= 0.3 is 0 Å². The first-order chi connectivity index (χ1) is 8.66. The number of rotatable bonds is 4. The molecule has 1 amide bonds. The lowest BCUT2D eigenvalue weighted by Crippen LogP contribution is -2.46. The van der Waals surface area contributed by atoms with Crippen molar-refractivity contribution in [1.29, 1.82) is 0 Å². The van der Waals surface area contributed by atoms with Crippen LogP contribution in [0, 0.1) is 0 Å². The molecule has 1 aromatic heterocycles. The summed E-state index contributed by atoms with van der Waals surface area (Å²) in [6.07, 6.45) is 1.71. The second kappa shape index (κ2) is 9.18. The van der Waals surface area contributed by atoms with E-state index >= 15 is 0 Å². The van der Waals surface area contributed by atoms with Crippen molar-refractivity contribution in [3.63, 3.8) is 0 Å². The number of anilines is 1. The number of hydrogen-bond acceptors (Lipinski definition) is 4. The van der Waals surface area contributed by atoms with Gasteiger partial charge in [0.1, 0.15) is 5.82 Å². The van der Waals surface area contributed by atoms with Gasteiger partial charge in [-0.25, -0.2) is 4.68 Å². The highest BCUT2D eigenvalue weighted by Gasteiger charge is 2.15. The minimum Gasteiger partial charge on any atom is -0.314 e. The molecule has 2 rings (SSSR count). The van der Waals surface area contributed by atoms with E-state index in [9.17, 15) is 4.79 Å². The van der Waals surface area contributed by atoms with Crippen molar-refractivity contribution in [3.05, 3.63) is 12.3 Å². The summed E-state index contributed by atoms with van der Waals surface area (Å²) < 4.78 is 1.82. The number of carbonyl (C=O) groups is 1. The van der Waals surface area contributed by atoms with Gasteiger partial charge in [-0.2, -0.15) is 5.10 Å². The zero-order chi connectivity index (χ0) is 13.0. The number of aromatic nitrogens is 2. The van der Waals surface area contributed by atoms with Crippen molar-refractivity contribution in [2.75, 3.05) is 38.0 Å². The maximum Gasteiger partial charge on any atom is 0.239 e. The van der Waals surface area contributed by atoms with Gasteiger partial charge < -0.3 is 10.6 Å². The van der Waals surface area contributed by atoms with Crippen LogP contribution in [0.15, 0.2) is 12.3 Å². The van der Waals surface area contributed by atoms with Crippen LogP contribution in [0.5, 0.6) is 0 Å². The summed E-state index contributed by atoms with van der Waals surface area (Å²) in [6.45, 7) is 8.30. The Kier molecular flexibility index (Phi) is 8.80. The Morgan fingerprint density at radius 2 is 2.05 bits per heavy atom. The molecular weight excluding hydrogens is 301 g/mol. The molecule has 1 saturated heterocycles. The summed E-state index contributed by atoms with van der Waals surface area (Å²) in [5.41, 5.74) is 0. The van der Waals surface area contributed by atoms with Crippen molar-refractivity contribution in [2.24, 2.45) is 0 Å². The van der Waals surface area contributed by atoms with Crippen molar-refractivity contribution in [3.8, 4) is 0 Å². The van der Waals surface area contributed by atoms with Crippen LogP contribution in [0.2, 0.25) is 0 Å². The van der Waals surface area contributed by atoms with E-state index in [4.69, 9.17) is 0 Å². The molecule has 6 nitrogen and oxygen atoms in total. The number of carbonyl (C=O) groups excluding carboxylic acids is 1. The molecule has 0 saturated carbocycles. The summed E-state index contributed by atoms with van der Waals surface area (Å²) in [7, 11) is 0. The maximum absolute atomic E-state index is 11.9. The molecule has 0 bridgehead atoms. The first-order valence-corrected chi connectivity index (χ1v) is 6.43. The quantitative estimate of drug-likeness (QED) is 0.872. The Labute approximate surface area is 132 Å². The fourth-order valence-corrected chi connectivity index (χ4v) is 2.08. The van der Waals surface area contributed by atoms with Gasteiger partial charge in [-0.1, -0.05) is 0 Å². The van der Waals surface area contributed by atoms with Crippen LogP contribution in [0.4, 0.5) is 5.82 Å². The second-order valence-corrected chi connectivity index (χ2v) is 4.83. The average molecular weight is 324 g/mol. The molecule has 1 aromatic rings. The number of piperazine rings is 1. The fourth-order valence-electron chi connectivity index (χ4n) is 2.08. The van der Waals surface area contributed by atoms with Crippen molar-refractivity contribution in [2.45, 2.75) is 19.9 Å². The molecule has 0 aromatic carbocycles. The van der Waals surface area contributed by atoms with E-state index < -0.39 is 0 Å². The third kappa shape index (κ3) is 5.28. The topological polar surface area (TPSA) is 62.2 Å². The van der Waals surface area contributed by atoms with Gasteiger partial charge in [-0.05, 0) is 13.8 Å². The van der Waals surface area contributed by atoms with Crippen molar-refractivity contribution >= 4 is 36.5 Å². The summed E-state index contributed by atoms with van der Waals surface area (Å²) in [5, 5.41) is 10.4. The highest BCUT2D eigenvalue weighted by Crippen LogP contribution is 2.12. The Hall–Kier alpha value is -0.820. The molecule has 1 aliphatic rings. The van der Waals surface area contributed by atoms with Crippen LogP contribution in [-0.4, -0.2) is 53.3 Å². The Balaban J connectivity index is 0.00000180. The summed E-state index contributed by atoms with van der Waals surface area (Å²) in [6, 6.07) is 2.07. The number of nitrogens with one attached hydrogen (secondary N) is 2. The summed E-state index contributed by atoms with van der Waals surface area (Å²) >= 11 is 0. The molecule has 2 N–H and O–H groups in total. The van der Waals surface area contributed by atoms with E-state index in [2.05, 4.69) is 20.6 Å². The van der Waals surface area contributed by atoms with Gasteiger partial charge in [-0.15, -0.1) is 24.8 Å². The van der Waals surface area contributed by atoms with Crippen molar-refractivity contribution in [1.82, 2.24) is 20.0 Å². The molecule has 1 fully saturated rings.